The Labute approximate surface area is 181 Å². The van der Waals surface area contributed by atoms with Crippen LogP contribution in [-0.2, 0) is 23.2 Å². The van der Waals surface area contributed by atoms with E-state index in [9.17, 15) is 13.0 Å². The van der Waals surface area contributed by atoms with Crippen molar-refractivity contribution >= 4 is 16.1 Å². The molecule has 0 aliphatic rings. The fourth-order valence-corrected chi connectivity index (χ4v) is 3.23. The van der Waals surface area contributed by atoms with Crippen molar-refractivity contribution < 1.29 is 17.7 Å². The summed E-state index contributed by atoms with van der Waals surface area (Å²) in [6.45, 7) is 3.07. The van der Waals surface area contributed by atoms with E-state index in [1.165, 1.54) is 12.1 Å². The van der Waals surface area contributed by atoms with Crippen LogP contribution in [0.2, 0.25) is 0 Å². The van der Waals surface area contributed by atoms with Gasteiger partial charge in [-0.3, -0.25) is 0 Å². The van der Waals surface area contributed by atoms with Crippen LogP contribution in [-0.4, -0.2) is 28.1 Å². The number of tetrazole rings is 1. The number of hydrogen-bond donors (Lipinski definition) is 1. The molecule has 160 valence electrons. The van der Waals surface area contributed by atoms with Crippen molar-refractivity contribution in [3.63, 3.8) is 0 Å². The molecule has 3 aromatic carbocycles. The third kappa shape index (κ3) is 6.46. The van der Waals surface area contributed by atoms with E-state index in [0.717, 1.165) is 16.7 Å². The average molecular weight is 438 g/mol. The molecule has 0 saturated heterocycles. The van der Waals surface area contributed by atoms with E-state index in [4.69, 9.17) is 5.73 Å². The Kier molecular flexibility index (Phi) is 7.11. The van der Waals surface area contributed by atoms with Gasteiger partial charge in [-0.25, -0.2) is 8.42 Å². The van der Waals surface area contributed by atoms with Gasteiger partial charge < -0.3 is 10.3 Å². The summed E-state index contributed by atoms with van der Waals surface area (Å²) in [6, 6.07) is 25.9. The molecule has 0 bridgehead atoms. The molecule has 2 N–H and O–H groups in total. The number of aryl methyl sites for hydroxylation is 1. The molecule has 1 aromatic heterocycles. The highest BCUT2D eigenvalue weighted by Gasteiger charge is 2.16. The molecule has 0 atom stereocenters. The van der Waals surface area contributed by atoms with Crippen molar-refractivity contribution in [1.82, 2.24) is 15.1 Å². The largest absolute Gasteiger partial charge is 0.744 e. The first-order chi connectivity index (χ1) is 14.8. The molecule has 0 saturated carbocycles. The number of aromatic nitrogens is 4. The van der Waals surface area contributed by atoms with Crippen LogP contribution < -0.4 is 10.4 Å². The predicted octanol–water partition coefficient (Wildman–Crippen LogP) is 2.14. The van der Waals surface area contributed by atoms with Crippen LogP contribution in [0.1, 0.15) is 16.7 Å². The molecule has 9 heteroatoms. The maximum atomic E-state index is 10.4. The van der Waals surface area contributed by atoms with Crippen molar-refractivity contribution in [2.45, 2.75) is 24.9 Å². The summed E-state index contributed by atoms with van der Waals surface area (Å²) in [7, 11) is -4.27. The lowest BCUT2D eigenvalue weighted by Crippen LogP contribution is -2.39. The molecule has 0 unspecified atom stereocenters. The SMILES string of the molecule is Cc1ccc(S(=O)(=O)[O-])cc1.Nc1n(Cc2ccccc2)nn[n+]1Cc1ccccc1. The molecule has 0 amide bonds. The van der Waals surface area contributed by atoms with E-state index in [0.29, 0.717) is 19.0 Å². The molecule has 1 heterocycles. The molecule has 8 nitrogen and oxygen atoms in total. The van der Waals surface area contributed by atoms with Crippen molar-refractivity contribution in [2.75, 3.05) is 5.73 Å². The Morgan fingerprint density at radius 2 is 1.45 bits per heavy atom. The summed E-state index contributed by atoms with van der Waals surface area (Å²) in [5.74, 6) is 0.553. The second-order valence-electron chi connectivity index (χ2n) is 6.89. The average Bonchev–Trinajstić information content (AvgIpc) is 3.09. The van der Waals surface area contributed by atoms with E-state index in [1.54, 1.807) is 21.5 Å². The molecule has 0 spiro atoms. The third-order valence-electron chi connectivity index (χ3n) is 4.44. The van der Waals surface area contributed by atoms with Crippen LogP contribution >= 0.6 is 0 Å². The number of rotatable bonds is 5. The number of nitrogens with zero attached hydrogens (tertiary/aromatic N) is 4. The van der Waals surface area contributed by atoms with Crippen molar-refractivity contribution in [2.24, 2.45) is 0 Å². The minimum atomic E-state index is -4.27. The topological polar surface area (TPSA) is 118 Å². The minimum absolute atomic E-state index is 0.178. The Morgan fingerprint density at radius 1 is 0.903 bits per heavy atom. The number of nitrogen functional groups attached to an aromatic ring is 1. The molecular formula is C22H23N5O3S. The van der Waals surface area contributed by atoms with Gasteiger partial charge >= 0.3 is 5.95 Å². The van der Waals surface area contributed by atoms with Crippen molar-refractivity contribution in [1.29, 1.82) is 0 Å². The summed E-state index contributed by atoms with van der Waals surface area (Å²) in [4.78, 5) is -0.178. The summed E-state index contributed by atoms with van der Waals surface area (Å²) >= 11 is 0. The van der Waals surface area contributed by atoms with E-state index < -0.39 is 10.1 Å². The van der Waals surface area contributed by atoms with Crippen molar-refractivity contribution in [3.8, 4) is 0 Å². The summed E-state index contributed by atoms with van der Waals surface area (Å²) in [5.41, 5.74) is 9.33. The number of anilines is 1. The summed E-state index contributed by atoms with van der Waals surface area (Å²) < 4.78 is 34.6. The van der Waals surface area contributed by atoms with Gasteiger partial charge in [0.2, 0.25) is 0 Å². The Bertz CT molecular complexity index is 1150. The second-order valence-corrected chi connectivity index (χ2v) is 8.27. The minimum Gasteiger partial charge on any atom is -0.744 e. The normalized spacial score (nSPS) is 10.9. The second kappa shape index (κ2) is 9.96. The monoisotopic (exact) mass is 437 g/mol. The number of hydrogen-bond acceptors (Lipinski definition) is 6. The zero-order valence-corrected chi connectivity index (χ0v) is 17.8. The van der Waals surface area contributed by atoms with Gasteiger partial charge in [0.1, 0.15) is 28.4 Å². The molecule has 0 aliphatic heterocycles. The van der Waals surface area contributed by atoms with E-state index in [1.807, 2.05) is 67.6 Å². The Balaban J connectivity index is 0.000000210. The first-order valence-corrected chi connectivity index (χ1v) is 10.9. The lowest BCUT2D eigenvalue weighted by molar-refractivity contribution is -0.733. The fourth-order valence-electron chi connectivity index (χ4n) is 2.76. The molecule has 0 fully saturated rings. The summed E-state index contributed by atoms with van der Waals surface area (Å²) in [6.07, 6.45) is 0. The van der Waals surface area contributed by atoms with Crippen LogP contribution in [0.25, 0.3) is 0 Å². The van der Waals surface area contributed by atoms with Crippen LogP contribution in [0.4, 0.5) is 5.95 Å². The first-order valence-electron chi connectivity index (χ1n) is 9.52. The van der Waals surface area contributed by atoms with Gasteiger partial charge in [0, 0.05) is 0 Å². The van der Waals surface area contributed by atoms with Gasteiger partial charge in [0.15, 0.2) is 0 Å². The Morgan fingerprint density at radius 3 is 2.00 bits per heavy atom. The van der Waals surface area contributed by atoms with Gasteiger partial charge in [-0.05, 0) is 30.2 Å². The fraction of sp³-hybridized carbons (Fsp3) is 0.136. The smallest absolute Gasteiger partial charge is 0.363 e. The summed E-state index contributed by atoms with van der Waals surface area (Å²) in [5, 5.41) is 8.22. The molecule has 0 radical (unpaired) electrons. The van der Waals surface area contributed by atoms with E-state index >= 15 is 0 Å². The zero-order chi connectivity index (χ0) is 22.3. The maximum absolute atomic E-state index is 10.4. The van der Waals surface area contributed by atoms with Crippen LogP contribution in [0.3, 0.4) is 0 Å². The van der Waals surface area contributed by atoms with Gasteiger partial charge in [-0.15, -0.1) is 4.68 Å². The third-order valence-corrected chi connectivity index (χ3v) is 5.29. The van der Waals surface area contributed by atoms with Gasteiger partial charge in [0.05, 0.1) is 10.1 Å². The Hall–Kier alpha value is -3.56. The van der Waals surface area contributed by atoms with Gasteiger partial charge in [-0.2, -0.15) is 0 Å². The van der Waals surface area contributed by atoms with E-state index in [2.05, 4.69) is 10.4 Å². The van der Waals surface area contributed by atoms with Gasteiger partial charge in [0.25, 0.3) is 0 Å². The number of benzene rings is 3. The highest BCUT2D eigenvalue weighted by molar-refractivity contribution is 7.85. The van der Waals surface area contributed by atoms with Crippen molar-refractivity contribution in [3.05, 3.63) is 102 Å². The molecule has 4 aromatic rings. The quantitative estimate of drug-likeness (QED) is 0.378. The van der Waals surface area contributed by atoms with Crippen LogP contribution in [0.15, 0.2) is 89.8 Å². The highest BCUT2D eigenvalue weighted by atomic mass is 32.2. The molecular weight excluding hydrogens is 414 g/mol. The lowest BCUT2D eigenvalue weighted by atomic mass is 10.2. The van der Waals surface area contributed by atoms with E-state index in [-0.39, 0.29) is 4.90 Å². The zero-order valence-electron chi connectivity index (χ0n) is 17.0. The molecule has 31 heavy (non-hydrogen) atoms. The standard InChI is InChI=1S/C15H15N5.C7H8O3S/c16-15-19(11-13-7-3-1-4-8-13)17-18-20(15)12-14-9-5-2-6-10-14;1-6-2-4-7(5-3-6)11(8,9)10/h1-10,16H,11-12H2;2-5H,1H3,(H,8,9,10). The lowest BCUT2D eigenvalue weighted by Gasteiger charge is -2.05. The first kappa shape index (κ1) is 22.1. The maximum Gasteiger partial charge on any atom is 0.363 e. The highest BCUT2D eigenvalue weighted by Crippen LogP contribution is 2.08. The van der Waals surface area contributed by atoms with Crippen LogP contribution in [0.5, 0.6) is 0 Å². The van der Waals surface area contributed by atoms with Crippen LogP contribution in [0, 0.1) is 6.92 Å². The molecule has 0 aliphatic carbocycles. The predicted molar refractivity (Wildman–Crippen MR) is 115 cm³/mol. The number of nitrogens with two attached hydrogens (primary N) is 1. The molecule has 4 rings (SSSR count). The van der Waals surface area contributed by atoms with Gasteiger partial charge in [-0.1, -0.05) is 83.0 Å².